The summed E-state index contributed by atoms with van der Waals surface area (Å²) in [5.74, 6) is 2.37. The van der Waals surface area contributed by atoms with E-state index in [1.165, 1.54) is 19.3 Å². The van der Waals surface area contributed by atoms with Gasteiger partial charge in [0, 0.05) is 16.7 Å². The van der Waals surface area contributed by atoms with Gasteiger partial charge in [0.05, 0.1) is 24.6 Å². The van der Waals surface area contributed by atoms with Gasteiger partial charge < -0.3 is 14.5 Å². The zero-order valence-corrected chi connectivity index (χ0v) is 18.4. The second-order valence-corrected chi connectivity index (χ2v) is 8.28. The molecule has 1 aliphatic rings. The molecule has 5 rings (SSSR count). The molecule has 0 radical (unpaired) electrons. The van der Waals surface area contributed by atoms with E-state index in [4.69, 9.17) is 14.5 Å². The smallest absolute Gasteiger partial charge is 0.162 e. The summed E-state index contributed by atoms with van der Waals surface area (Å²) in [4.78, 5) is 8.59. The Hall–Kier alpha value is -3.53. The van der Waals surface area contributed by atoms with Crippen molar-refractivity contribution in [3.63, 3.8) is 0 Å². The average molecular weight is 425 g/mol. The molecule has 0 bridgehead atoms. The number of aromatic nitrogens is 2. The van der Waals surface area contributed by atoms with Gasteiger partial charge >= 0.3 is 0 Å². The molecule has 32 heavy (non-hydrogen) atoms. The van der Waals surface area contributed by atoms with Gasteiger partial charge in [0.1, 0.15) is 5.82 Å². The van der Waals surface area contributed by atoms with Crippen LogP contribution < -0.4 is 9.47 Å². The Kier molecular flexibility index (Phi) is 5.93. The topological polar surface area (TPSA) is 47.1 Å². The number of benzene rings is 3. The van der Waals surface area contributed by atoms with Crippen LogP contribution in [0.15, 0.2) is 78.9 Å². The fraction of sp³-hybridized carbons (Fsp3) is 0.250. The third kappa shape index (κ3) is 4.26. The van der Waals surface area contributed by atoms with Crippen LogP contribution in [0, 0.1) is 0 Å². The number of rotatable bonds is 6. The van der Waals surface area contributed by atoms with Crippen molar-refractivity contribution >= 4 is 0 Å². The van der Waals surface area contributed by atoms with Gasteiger partial charge in [-0.05, 0) is 43.9 Å². The summed E-state index contributed by atoms with van der Waals surface area (Å²) in [7, 11) is 1.69. The van der Waals surface area contributed by atoms with Gasteiger partial charge in [-0.25, -0.2) is 4.98 Å². The highest BCUT2D eigenvalue weighted by atomic mass is 16.5. The number of H-pyrrole nitrogens is 1. The maximum absolute atomic E-state index is 6.38. The SMILES string of the molecule is COc1ccc(-c2nc(-c3ccccc3)c(-c3ccccc3)[nH]2)cc1OC1CCCCC1. The first-order chi connectivity index (χ1) is 15.8. The lowest BCUT2D eigenvalue weighted by atomic mass is 9.98. The minimum atomic E-state index is 0.254. The molecular weight excluding hydrogens is 396 g/mol. The van der Waals surface area contributed by atoms with Crippen molar-refractivity contribution in [2.45, 2.75) is 38.2 Å². The number of imidazole rings is 1. The van der Waals surface area contributed by atoms with E-state index in [0.29, 0.717) is 0 Å². The van der Waals surface area contributed by atoms with Crippen molar-refractivity contribution < 1.29 is 9.47 Å². The predicted octanol–water partition coefficient (Wildman–Crippen LogP) is 7.13. The molecule has 0 spiro atoms. The van der Waals surface area contributed by atoms with Crippen LogP contribution in [-0.2, 0) is 0 Å². The van der Waals surface area contributed by atoms with Crippen LogP contribution in [-0.4, -0.2) is 23.2 Å². The van der Waals surface area contributed by atoms with Gasteiger partial charge in [-0.1, -0.05) is 67.1 Å². The molecule has 0 saturated heterocycles. The summed E-state index contributed by atoms with van der Waals surface area (Å²) in [5, 5.41) is 0. The van der Waals surface area contributed by atoms with Crippen LogP contribution in [0.25, 0.3) is 33.9 Å². The van der Waals surface area contributed by atoms with Crippen molar-refractivity contribution in [2.75, 3.05) is 7.11 Å². The minimum absolute atomic E-state index is 0.254. The molecule has 1 saturated carbocycles. The standard InChI is InChI=1S/C28H28N2O2/c1-31-24-18-17-22(19-25(24)32-23-15-9-4-10-16-23)28-29-26(20-11-5-2-6-12-20)27(30-28)21-13-7-3-8-14-21/h2-3,5-8,11-14,17-19,23H,4,9-10,15-16H2,1H3,(H,29,30). The molecule has 0 atom stereocenters. The Bertz CT molecular complexity index is 1110. The largest absolute Gasteiger partial charge is 0.493 e. The first-order valence-electron chi connectivity index (χ1n) is 11.4. The molecule has 3 aromatic carbocycles. The van der Waals surface area contributed by atoms with Gasteiger partial charge in [-0.3, -0.25) is 0 Å². The first-order valence-corrected chi connectivity index (χ1v) is 11.4. The summed E-state index contributed by atoms with van der Waals surface area (Å²) in [6.07, 6.45) is 6.21. The van der Waals surface area contributed by atoms with Crippen LogP contribution >= 0.6 is 0 Å². The van der Waals surface area contributed by atoms with E-state index in [2.05, 4.69) is 35.3 Å². The summed E-state index contributed by atoms with van der Waals surface area (Å²) < 4.78 is 12.0. The van der Waals surface area contributed by atoms with Crippen molar-refractivity contribution in [3.05, 3.63) is 78.9 Å². The molecule has 162 valence electrons. The van der Waals surface area contributed by atoms with Crippen LogP contribution in [0.2, 0.25) is 0 Å². The summed E-state index contributed by atoms with van der Waals surface area (Å²) >= 11 is 0. The maximum atomic E-state index is 6.38. The molecule has 4 nitrogen and oxygen atoms in total. The number of hydrogen-bond donors (Lipinski definition) is 1. The van der Waals surface area contributed by atoms with Crippen LogP contribution in [0.4, 0.5) is 0 Å². The second-order valence-electron chi connectivity index (χ2n) is 8.28. The van der Waals surface area contributed by atoms with E-state index in [1.54, 1.807) is 7.11 Å². The molecule has 1 aliphatic carbocycles. The van der Waals surface area contributed by atoms with Gasteiger partial charge in [-0.2, -0.15) is 0 Å². The highest BCUT2D eigenvalue weighted by molar-refractivity contribution is 5.81. The van der Waals surface area contributed by atoms with Gasteiger partial charge in [0.15, 0.2) is 11.5 Å². The van der Waals surface area contributed by atoms with Crippen LogP contribution in [0.3, 0.4) is 0 Å². The Morgan fingerprint density at radius 1 is 0.750 bits per heavy atom. The van der Waals surface area contributed by atoms with E-state index in [-0.39, 0.29) is 6.10 Å². The molecule has 0 unspecified atom stereocenters. The number of aromatic amines is 1. The third-order valence-corrected chi connectivity index (χ3v) is 6.10. The quantitative estimate of drug-likeness (QED) is 0.358. The highest BCUT2D eigenvalue weighted by Gasteiger charge is 2.19. The van der Waals surface area contributed by atoms with Gasteiger partial charge in [0.25, 0.3) is 0 Å². The number of nitrogens with zero attached hydrogens (tertiary/aromatic N) is 1. The van der Waals surface area contributed by atoms with Crippen LogP contribution in [0.1, 0.15) is 32.1 Å². The summed E-state index contributed by atoms with van der Waals surface area (Å²) in [5.41, 5.74) is 5.13. The molecule has 1 N–H and O–H groups in total. The number of methoxy groups -OCH3 is 1. The molecule has 1 aromatic heterocycles. The lowest BCUT2D eigenvalue weighted by Gasteiger charge is -2.24. The van der Waals surface area contributed by atoms with E-state index in [1.807, 2.05) is 48.5 Å². The zero-order chi connectivity index (χ0) is 21.8. The second kappa shape index (κ2) is 9.31. The highest BCUT2D eigenvalue weighted by Crippen LogP contribution is 2.37. The molecular formula is C28H28N2O2. The predicted molar refractivity (Wildman–Crippen MR) is 129 cm³/mol. The Morgan fingerprint density at radius 3 is 2.12 bits per heavy atom. The van der Waals surface area contributed by atoms with Crippen molar-refractivity contribution in [1.82, 2.24) is 9.97 Å². The van der Waals surface area contributed by atoms with E-state index in [9.17, 15) is 0 Å². The number of nitrogens with one attached hydrogen (secondary N) is 1. The summed E-state index contributed by atoms with van der Waals surface area (Å²) in [6, 6.07) is 26.7. The van der Waals surface area contributed by atoms with Crippen molar-refractivity contribution in [1.29, 1.82) is 0 Å². The van der Waals surface area contributed by atoms with Crippen LogP contribution in [0.5, 0.6) is 11.5 Å². The van der Waals surface area contributed by atoms with E-state index >= 15 is 0 Å². The lowest BCUT2D eigenvalue weighted by Crippen LogP contribution is -2.19. The Balaban J connectivity index is 1.56. The maximum Gasteiger partial charge on any atom is 0.162 e. The Labute approximate surface area is 189 Å². The normalized spacial score (nSPS) is 14.3. The zero-order valence-electron chi connectivity index (χ0n) is 18.4. The molecule has 1 fully saturated rings. The molecule has 0 amide bonds. The molecule has 4 aromatic rings. The van der Waals surface area contributed by atoms with Crippen molar-refractivity contribution in [2.24, 2.45) is 0 Å². The van der Waals surface area contributed by atoms with Gasteiger partial charge in [0.2, 0.25) is 0 Å². The molecule has 0 aliphatic heterocycles. The molecule has 4 heteroatoms. The first kappa shape index (κ1) is 20.4. The Morgan fingerprint density at radius 2 is 1.44 bits per heavy atom. The fourth-order valence-corrected chi connectivity index (χ4v) is 4.41. The fourth-order valence-electron chi connectivity index (χ4n) is 4.41. The van der Waals surface area contributed by atoms with E-state index < -0.39 is 0 Å². The van der Waals surface area contributed by atoms with Gasteiger partial charge in [-0.15, -0.1) is 0 Å². The van der Waals surface area contributed by atoms with E-state index in [0.717, 1.165) is 58.2 Å². The lowest BCUT2D eigenvalue weighted by molar-refractivity contribution is 0.149. The number of ether oxygens (including phenoxy) is 2. The third-order valence-electron chi connectivity index (χ3n) is 6.10. The molecule has 1 heterocycles. The average Bonchev–Trinajstić information content (AvgIpc) is 3.31. The minimum Gasteiger partial charge on any atom is -0.493 e. The number of hydrogen-bond acceptors (Lipinski definition) is 3. The van der Waals surface area contributed by atoms with Crippen molar-refractivity contribution in [3.8, 4) is 45.4 Å². The monoisotopic (exact) mass is 424 g/mol. The summed E-state index contributed by atoms with van der Waals surface area (Å²) in [6.45, 7) is 0.